The molecular weight excluding hydrogens is 260 g/mol. The van der Waals surface area contributed by atoms with Crippen molar-refractivity contribution < 1.29 is 4.79 Å². The highest BCUT2D eigenvalue weighted by Gasteiger charge is 2.49. The topological polar surface area (TPSA) is 23.6 Å². The Kier molecular flexibility index (Phi) is 3.00. The first-order valence-electron chi connectivity index (χ1n) is 7.55. The van der Waals surface area contributed by atoms with Gasteiger partial charge in [-0.15, -0.1) is 0 Å². The summed E-state index contributed by atoms with van der Waals surface area (Å²) < 4.78 is 0. The Morgan fingerprint density at radius 2 is 1.57 bits per heavy atom. The molecule has 3 nitrogen and oxygen atoms in total. The van der Waals surface area contributed by atoms with Crippen molar-refractivity contribution in [1.82, 2.24) is 4.90 Å². The largest absolute Gasteiger partial charge is 0.294 e. The van der Waals surface area contributed by atoms with Crippen LogP contribution >= 0.6 is 0 Å². The summed E-state index contributed by atoms with van der Waals surface area (Å²) in [6, 6.07) is 20.1. The molecule has 2 aliphatic heterocycles. The number of rotatable bonds is 2. The zero-order valence-electron chi connectivity index (χ0n) is 11.9. The number of carbonyl (C=O) groups is 1. The molecule has 0 aliphatic carbocycles. The summed E-state index contributed by atoms with van der Waals surface area (Å²) in [4.78, 5) is 17.3. The van der Waals surface area contributed by atoms with Crippen molar-refractivity contribution in [2.45, 2.75) is 25.0 Å². The van der Waals surface area contributed by atoms with Crippen molar-refractivity contribution in [3.63, 3.8) is 0 Å². The molecule has 2 aromatic carbocycles. The maximum atomic E-state index is 13.0. The molecule has 2 aromatic rings. The lowest BCUT2D eigenvalue weighted by atomic mass is 10.1. The minimum Gasteiger partial charge on any atom is -0.294 e. The Bertz CT molecular complexity index is 585. The van der Waals surface area contributed by atoms with Crippen LogP contribution in [0.2, 0.25) is 0 Å². The molecular formula is C18H18N2O. The van der Waals surface area contributed by atoms with E-state index in [1.165, 1.54) is 0 Å². The van der Waals surface area contributed by atoms with Gasteiger partial charge < -0.3 is 0 Å². The SMILES string of the molecule is O=C1[C@@H](c2ccccc2)N2CCC[C@@H]2N1c1ccccc1. The second kappa shape index (κ2) is 5.01. The van der Waals surface area contributed by atoms with Gasteiger partial charge in [-0.05, 0) is 30.5 Å². The number of fused-ring (bicyclic) bond motifs is 1. The molecule has 0 spiro atoms. The Morgan fingerprint density at radius 1 is 0.905 bits per heavy atom. The van der Waals surface area contributed by atoms with E-state index in [0.29, 0.717) is 0 Å². The maximum absolute atomic E-state index is 13.0. The zero-order chi connectivity index (χ0) is 14.2. The second-order valence-electron chi connectivity index (χ2n) is 5.72. The highest BCUT2D eigenvalue weighted by Crippen LogP contribution is 2.41. The maximum Gasteiger partial charge on any atom is 0.250 e. The summed E-state index contributed by atoms with van der Waals surface area (Å²) in [6.45, 7) is 0.999. The van der Waals surface area contributed by atoms with Gasteiger partial charge >= 0.3 is 0 Å². The van der Waals surface area contributed by atoms with E-state index in [1.54, 1.807) is 0 Å². The number of para-hydroxylation sites is 1. The summed E-state index contributed by atoms with van der Waals surface area (Å²) in [5.41, 5.74) is 2.12. The molecule has 2 saturated heterocycles. The molecule has 1 amide bonds. The number of anilines is 1. The van der Waals surface area contributed by atoms with Crippen LogP contribution < -0.4 is 4.90 Å². The normalized spacial score (nSPS) is 25.3. The van der Waals surface area contributed by atoms with E-state index < -0.39 is 0 Å². The van der Waals surface area contributed by atoms with Crippen LogP contribution in [0.15, 0.2) is 60.7 Å². The highest BCUT2D eigenvalue weighted by molar-refractivity contribution is 6.00. The minimum atomic E-state index is -0.126. The first kappa shape index (κ1) is 12.6. The Balaban J connectivity index is 1.76. The fraction of sp³-hybridized carbons (Fsp3) is 0.278. The fourth-order valence-corrected chi connectivity index (χ4v) is 3.63. The van der Waals surface area contributed by atoms with Gasteiger partial charge in [-0.2, -0.15) is 0 Å². The average molecular weight is 278 g/mol. The van der Waals surface area contributed by atoms with Gasteiger partial charge in [0.25, 0.3) is 0 Å². The number of benzene rings is 2. The molecule has 0 radical (unpaired) electrons. The molecule has 0 N–H and O–H groups in total. The van der Waals surface area contributed by atoms with Crippen molar-refractivity contribution in [1.29, 1.82) is 0 Å². The molecule has 2 heterocycles. The van der Waals surface area contributed by atoms with Crippen LogP contribution in [0.1, 0.15) is 24.4 Å². The number of hydrogen-bond acceptors (Lipinski definition) is 2. The molecule has 0 aromatic heterocycles. The number of amides is 1. The van der Waals surface area contributed by atoms with Gasteiger partial charge in [-0.25, -0.2) is 0 Å². The van der Waals surface area contributed by atoms with Crippen molar-refractivity contribution in [2.24, 2.45) is 0 Å². The molecule has 4 rings (SSSR count). The number of carbonyl (C=O) groups excluding carboxylic acids is 1. The molecule has 0 unspecified atom stereocenters. The third-order valence-electron chi connectivity index (χ3n) is 4.51. The summed E-state index contributed by atoms with van der Waals surface area (Å²) >= 11 is 0. The van der Waals surface area contributed by atoms with Crippen molar-refractivity contribution >= 4 is 11.6 Å². The van der Waals surface area contributed by atoms with E-state index >= 15 is 0 Å². The molecule has 0 bridgehead atoms. The lowest BCUT2D eigenvalue weighted by molar-refractivity contribution is -0.119. The molecule has 0 saturated carbocycles. The van der Waals surface area contributed by atoms with Crippen LogP contribution in [0.4, 0.5) is 5.69 Å². The Morgan fingerprint density at radius 3 is 2.29 bits per heavy atom. The van der Waals surface area contributed by atoms with Gasteiger partial charge in [0.15, 0.2) is 0 Å². The minimum absolute atomic E-state index is 0.126. The third kappa shape index (κ3) is 1.96. The van der Waals surface area contributed by atoms with E-state index in [-0.39, 0.29) is 18.1 Å². The van der Waals surface area contributed by atoms with Gasteiger partial charge in [-0.3, -0.25) is 14.6 Å². The van der Waals surface area contributed by atoms with Crippen molar-refractivity contribution in [2.75, 3.05) is 11.4 Å². The van der Waals surface area contributed by atoms with Gasteiger partial charge in [0.1, 0.15) is 6.04 Å². The molecule has 2 aliphatic rings. The number of hydrogen-bond donors (Lipinski definition) is 0. The monoisotopic (exact) mass is 278 g/mol. The third-order valence-corrected chi connectivity index (χ3v) is 4.51. The Labute approximate surface area is 124 Å². The molecule has 2 atom stereocenters. The van der Waals surface area contributed by atoms with Gasteiger partial charge in [0, 0.05) is 12.2 Å². The average Bonchev–Trinajstić information content (AvgIpc) is 3.08. The van der Waals surface area contributed by atoms with Crippen LogP contribution in [0.5, 0.6) is 0 Å². The second-order valence-corrected chi connectivity index (χ2v) is 5.72. The summed E-state index contributed by atoms with van der Waals surface area (Å²) in [7, 11) is 0. The smallest absolute Gasteiger partial charge is 0.250 e. The Hall–Kier alpha value is -2.13. The molecule has 21 heavy (non-hydrogen) atoms. The van der Waals surface area contributed by atoms with Gasteiger partial charge in [0.2, 0.25) is 5.91 Å². The van der Waals surface area contributed by atoms with Crippen LogP contribution in [0.3, 0.4) is 0 Å². The summed E-state index contributed by atoms with van der Waals surface area (Å²) in [5, 5.41) is 0. The standard InChI is InChI=1S/C18H18N2O/c21-18-17(14-8-3-1-4-9-14)19-13-7-12-16(19)20(18)15-10-5-2-6-11-15/h1-6,8-11,16-17H,7,12-13H2/t16-,17+/m0/s1. The summed E-state index contributed by atoms with van der Waals surface area (Å²) in [6.07, 6.45) is 2.43. The van der Waals surface area contributed by atoms with Crippen LogP contribution in [-0.2, 0) is 4.79 Å². The van der Waals surface area contributed by atoms with Gasteiger partial charge in [-0.1, -0.05) is 48.5 Å². The molecule has 2 fully saturated rings. The summed E-state index contributed by atoms with van der Waals surface area (Å²) in [5.74, 6) is 0.206. The van der Waals surface area contributed by atoms with Crippen LogP contribution in [0, 0.1) is 0 Å². The van der Waals surface area contributed by atoms with E-state index in [2.05, 4.69) is 17.0 Å². The highest BCUT2D eigenvalue weighted by atomic mass is 16.2. The van der Waals surface area contributed by atoms with Crippen molar-refractivity contribution in [3.8, 4) is 0 Å². The first-order chi connectivity index (χ1) is 10.4. The van der Waals surface area contributed by atoms with Gasteiger partial charge in [0.05, 0.1) is 6.17 Å². The van der Waals surface area contributed by atoms with E-state index in [1.807, 2.05) is 53.4 Å². The molecule has 106 valence electrons. The van der Waals surface area contributed by atoms with E-state index in [4.69, 9.17) is 0 Å². The predicted octanol–water partition coefficient (Wildman–Crippen LogP) is 3.20. The fourth-order valence-electron chi connectivity index (χ4n) is 3.63. The van der Waals surface area contributed by atoms with Crippen molar-refractivity contribution in [3.05, 3.63) is 66.2 Å². The number of nitrogens with zero attached hydrogens (tertiary/aromatic N) is 2. The van der Waals surface area contributed by atoms with Crippen LogP contribution in [0.25, 0.3) is 0 Å². The van der Waals surface area contributed by atoms with Crippen LogP contribution in [-0.4, -0.2) is 23.5 Å². The lowest BCUT2D eigenvalue weighted by Crippen LogP contribution is -2.35. The van der Waals surface area contributed by atoms with E-state index in [0.717, 1.165) is 30.6 Å². The molecule has 3 heteroatoms. The lowest BCUT2D eigenvalue weighted by Gasteiger charge is -2.24. The quantitative estimate of drug-likeness (QED) is 0.842. The zero-order valence-corrected chi connectivity index (χ0v) is 11.9. The first-order valence-corrected chi connectivity index (χ1v) is 7.55. The predicted molar refractivity (Wildman–Crippen MR) is 82.8 cm³/mol. The van der Waals surface area contributed by atoms with E-state index in [9.17, 15) is 4.79 Å².